The second-order valence-corrected chi connectivity index (χ2v) is 8.90. The molecule has 0 spiro atoms. The molecule has 0 N–H and O–H groups in total. The molecule has 22 heteroatoms. The molecule has 0 aliphatic rings. The monoisotopic (exact) mass is 574 g/mol. The zero-order chi connectivity index (χ0) is 27.4. The van der Waals surface area contributed by atoms with Gasteiger partial charge in [-0.15, -0.1) is 0 Å². The van der Waals surface area contributed by atoms with Gasteiger partial charge in [-0.2, -0.15) is 78.3 Å². The van der Waals surface area contributed by atoms with E-state index < -0.39 is 66.4 Å². The Kier molecular flexibility index (Phi) is 7.14. The zero-order valence-electron chi connectivity index (χ0n) is 14.9. The molecule has 0 saturated carbocycles. The molecule has 198 valence electrons. The van der Waals surface area contributed by atoms with E-state index in [9.17, 15) is 78.3 Å². The number of hydrogen-bond acceptors (Lipinski definition) is 6. The fraction of sp³-hybridized carbons (Fsp3) is 0.500. The minimum atomic E-state index is -7.19. The van der Waals surface area contributed by atoms with E-state index in [0.29, 0.717) is 0 Å². The Morgan fingerprint density at radius 3 is 0.853 bits per heavy atom. The first-order valence-electron chi connectivity index (χ1n) is 7.28. The molecule has 0 radical (unpaired) electrons. The predicted octanol–water partition coefficient (Wildman–Crippen LogP) is 4.68. The molecular weight excluding hydrogens is 570 g/mol. The van der Waals surface area contributed by atoms with Gasteiger partial charge in [0.05, 0.1) is 0 Å². The van der Waals surface area contributed by atoms with Crippen LogP contribution in [0.5, 0.6) is 11.5 Å². The SMILES string of the molecule is O=S(=O)(Oc1ccc(OS(=O)(=O)C(F)(F)C(F)(F)C(F)(F)F)cc1)C(F)(F)C(F)(F)C(F)(F)F. The van der Waals surface area contributed by atoms with Crippen molar-refractivity contribution in [1.82, 2.24) is 0 Å². The highest BCUT2D eigenvalue weighted by molar-refractivity contribution is 7.88. The van der Waals surface area contributed by atoms with Gasteiger partial charge in [-0.1, -0.05) is 0 Å². The van der Waals surface area contributed by atoms with Gasteiger partial charge in [0.15, 0.2) is 0 Å². The van der Waals surface area contributed by atoms with E-state index in [1.807, 2.05) is 0 Å². The van der Waals surface area contributed by atoms with E-state index in [-0.39, 0.29) is 24.3 Å². The first-order chi connectivity index (χ1) is 14.7. The maximum Gasteiger partial charge on any atom is 0.461 e. The molecule has 0 saturated heterocycles. The van der Waals surface area contributed by atoms with Crippen molar-refractivity contribution in [2.75, 3.05) is 0 Å². The third-order valence-corrected chi connectivity index (χ3v) is 5.90. The van der Waals surface area contributed by atoms with Crippen LogP contribution < -0.4 is 8.37 Å². The molecule has 1 rings (SSSR count). The summed E-state index contributed by atoms with van der Waals surface area (Å²) in [6.45, 7) is 0. The van der Waals surface area contributed by atoms with Crippen molar-refractivity contribution in [1.29, 1.82) is 0 Å². The van der Waals surface area contributed by atoms with E-state index in [0.717, 1.165) is 0 Å². The molecule has 34 heavy (non-hydrogen) atoms. The van der Waals surface area contributed by atoms with Crippen molar-refractivity contribution in [3.63, 3.8) is 0 Å². The molecule has 0 atom stereocenters. The molecule has 0 unspecified atom stereocenters. The fourth-order valence-corrected chi connectivity index (χ4v) is 3.35. The van der Waals surface area contributed by atoms with Crippen LogP contribution in [0.4, 0.5) is 61.5 Å². The standard InChI is InChI=1S/C12H4F14O6S2/c13-7(14,9(17,18)19)11(23,24)33(27,28)31-5-1-2-6(4-3-5)32-34(29,30)12(25,26)8(15,16)10(20,21)22/h1-4H. The molecule has 0 bridgehead atoms. The number of alkyl halides is 14. The number of benzene rings is 1. The summed E-state index contributed by atoms with van der Waals surface area (Å²) < 4.78 is 228. The molecule has 0 heterocycles. The van der Waals surface area contributed by atoms with Gasteiger partial charge in [-0.3, -0.25) is 0 Å². The molecule has 0 aliphatic carbocycles. The van der Waals surface area contributed by atoms with Crippen LogP contribution in [0, 0.1) is 0 Å². The van der Waals surface area contributed by atoms with Crippen LogP contribution in [0.1, 0.15) is 0 Å². The highest BCUT2D eigenvalue weighted by atomic mass is 32.2. The lowest BCUT2D eigenvalue weighted by atomic mass is 10.3. The smallest absolute Gasteiger partial charge is 0.378 e. The minimum Gasteiger partial charge on any atom is -0.378 e. The van der Waals surface area contributed by atoms with Crippen molar-refractivity contribution in [2.24, 2.45) is 0 Å². The van der Waals surface area contributed by atoms with Crippen LogP contribution in [0.3, 0.4) is 0 Å². The third kappa shape index (κ3) is 4.77. The maximum atomic E-state index is 13.3. The molecule has 0 aromatic heterocycles. The van der Waals surface area contributed by atoms with Crippen LogP contribution in [0.25, 0.3) is 0 Å². The zero-order valence-corrected chi connectivity index (χ0v) is 16.5. The Bertz CT molecular complexity index is 1010. The first-order valence-corrected chi connectivity index (χ1v) is 10.1. The molecule has 0 fully saturated rings. The Morgan fingerprint density at radius 2 is 0.676 bits per heavy atom. The van der Waals surface area contributed by atoms with E-state index in [1.54, 1.807) is 0 Å². The Balaban J connectivity index is 3.22. The van der Waals surface area contributed by atoms with Crippen molar-refractivity contribution >= 4 is 20.2 Å². The van der Waals surface area contributed by atoms with Crippen molar-refractivity contribution < 1.29 is 86.7 Å². The van der Waals surface area contributed by atoms with E-state index in [1.165, 1.54) is 0 Å². The average Bonchev–Trinajstić information content (AvgIpc) is 2.60. The van der Waals surface area contributed by atoms with Crippen LogP contribution >= 0.6 is 0 Å². The summed E-state index contributed by atoms with van der Waals surface area (Å²) in [4.78, 5) is 0. The highest BCUT2D eigenvalue weighted by Crippen LogP contribution is 2.51. The highest BCUT2D eigenvalue weighted by Gasteiger charge is 2.81. The van der Waals surface area contributed by atoms with Crippen LogP contribution in [-0.4, -0.2) is 51.5 Å². The Labute approximate surface area is 178 Å². The molecule has 1 aromatic carbocycles. The van der Waals surface area contributed by atoms with E-state index in [2.05, 4.69) is 8.37 Å². The van der Waals surface area contributed by atoms with Crippen molar-refractivity contribution in [2.45, 2.75) is 34.7 Å². The van der Waals surface area contributed by atoms with Crippen LogP contribution in [0.15, 0.2) is 24.3 Å². The minimum absolute atomic E-state index is 0.107. The van der Waals surface area contributed by atoms with Crippen molar-refractivity contribution in [3.8, 4) is 11.5 Å². The number of rotatable bonds is 8. The average molecular weight is 574 g/mol. The Hall–Kier alpha value is -2.26. The number of halogens is 14. The molecule has 0 amide bonds. The summed E-state index contributed by atoms with van der Waals surface area (Å²) in [6, 6.07) is -0.428. The summed E-state index contributed by atoms with van der Waals surface area (Å²) in [5.74, 6) is -17.6. The topological polar surface area (TPSA) is 86.7 Å². The Morgan fingerprint density at radius 1 is 0.471 bits per heavy atom. The van der Waals surface area contributed by atoms with Gasteiger partial charge >= 0.3 is 54.9 Å². The van der Waals surface area contributed by atoms with Gasteiger partial charge in [0.25, 0.3) is 0 Å². The van der Waals surface area contributed by atoms with Gasteiger partial charge in [-0.05, 0) is 24.3 Å². The molecule has 6 nitrogen and oxygen atoms in total. The fourth-order valence-electron chi connectivity index (χ4n) is 1.55. The maximum absolute atomic E-state index is 13.3. The summed E-state index contributed by atoms with van der Waals surface area (Å²) in [6.07, 6.45) is -14.2. The molecule has 1 aromatic rings. The molecular formula is C12H4F14O6S2. The van der Waals surface area contributed by atoms with Gasteiger partial charge in [0, 0.05) is 0 Å². The summed E-state index contributed by atoms with van der Waals surface area (Å²) in [5, 5.41) is -13.9. The van der Waals surface area contributed by atoms with Gasteiger partial charge in [0.1, 0.15) is 11.5 Å². The van der Waals surface area contributed by atoms with Gasteiger partial charge in [-0.25, -0.2) is 0 Å². The predicted molar refractivity (Wildman–Crippen MR) is 77.4 cm³/mol. The molecule has 0 aliphatic heterocycles. The third-order valence-electron chi connectivity index (χ3n) is 3.31. The summed E-state index contributed by atoms with van der Waals surface area (Å²) in [5.41, 5.74) is 0. The first kappa shape index (κ1) is 29.8. The normalized spacial score (nSPS) is 15.2. The lowest BCUT2D eigenvalue weighted by molar-refractivity contribution is -0.333. The van der Waals surface area contributed by atoms with Crippen molar-refractivity contribution in [3.05, 3.63) is 24.3 Å². The lowest BCUT2D eigenvalue weighted by Crippen LogP contribution is -2.57. The van der Waals surface area contributed by atoms with Gasteiger partial charge in [0.2, 0.25) is 0 Å². The second-order valence-electron chi connectivity index (χ2n) is 5.72. The largest absolute Gasteiger partial charge is 0.461 e. The number of hydrogen-bond donors (Lipinski definition) is 0. The van der Waals surface area contributed by atoms with E-state index >= 15 is 0 Å². The summed E-state index contributed by atoms with van der Waals surface area (Å²) in [7, 11) is -14.3. The lowest BCUT2D eigenvalue weighted by Gasteiger charge is -2.27. The van der Waals surface area contributed by atoms with E-state index in [4.69, 9.17) is 0 Å². The van der Waals surface area contributed by atoms with Gasteiger partial charge < -0.3 is 8.37 Å². The second kappa shape index (κ2) is 8.16. The quantitative estimate of drug-likeness (QED) is 0.331. The van der Waals surface area contributed by atoms with Crippen LogP contribution in [0.2, 0.25) is 0 Å². The van der Waals surface area contributed by atoms with Crippen LogP contribution in [-0.2, 0) is 20.2 Å². The summed E-state index contributed by atoms with van der Waals surface area (Å²) >= 11 is 0.